The van der Waals surface area contributed by atoms with E-state index in [1.54, 1.807) is 23.9 Å². The Labute approximate surface area is 104 Å². The van der Waals surface area contributed by atoms with E-state index in [4.69, 9.17) is 10.5 Å². The number of nitrogen functional groups attached to an aromatic ring is 1. The van der Waals surface area contributed by atoms with Gasteiger partial charge in [0, 0.05) is 12.4 Å². The van der Waals surface area contributed by atoms with Gasteiger partial charge in [0.25, 0.3) is 0 Å². The van der Waals surface area contributed by atoms with E-state index in [0.29, 0.717) is 6.61 Å². The lowest BCUT2D eigenvalue weighted by Crippen LogP contribution is -2.09. The third kappa shape index (κ3) is 2.04. The number of aromatic nitrogens is 3. The van der Waals surface area contributed by atoms with Gasteiger partial charge in [-0.05, 0) is 25.5 Å². The van der Waals surface area contributed by atoms with Gasteiger partial charge in [-0.3, -0.25) is 9.55 Å². The molecule has 2 heterocycles. The first-order valence-electron chi connectivity index (χ1n) is 5.56. The number of ether oxygens (including phenoxy) is 1. The Hall–Kier alpha value is -2.37. The van der Waals surface area contributed by atoms with Crippen LogP contribution in [0.15, 0.2) is 24.8 Å². The van der Waals surface area contributed by atoms with Gasteiger partial charge in [-0.2, -0.15) is 0 Å². The zero-order valence-electron chi connectivity index (χ0n) is 10.3. The Balaban J connectivity index is 2.43. The standard InChI is InChI=1S/C12H14N4O2/c1-3-18-12(17)10-11(13)16(7-15-10)9-4-5-14-6-8(9)2/h4-7H,3,13H2,1-2H3. The third-order valence-electron chi connectivity index (χ3n) is 2.52. The molecule has 0 unspecified atom stereocenters. The Bertz CT molecular complexity index is 577. The van der Waals surface area contributed by atoms with Gasteiger partial charge in [-0.25, -0.2) is 9.78 Å². The number of hydrogen-bond acceptors (Lipinski definition) is 5. The Morgan fingerprint density at radius 3 is 3.00 bits per heavy atom. The van der Waals surface area contributed by atoms with E-state index >= 15 is 0 Å². The minimum absolute atomic E-state index is 0.132. The fourth-order valence-electron chi connectivity index (χ4n) is 1.64. The van der Waals surface area contributed by atoms with Crippen molar-refractivity contribution in [3.05, 3.63) is 36.0 Å². The van der Waals surface area contributed by atoms with Gasteiger partial charge < -0.3 is 10.5 Å². The zero-order valence-corrected chi connectivity index (χ0v) is 10.3. The molecule has 0 amide bonds. The third-order valence-corrected chi connectivity index (χ3v) is 2.52. The molecule has 2 N–H and O–H groups in total. The Morgan fingerprint density at radius 2 is 2.33 bits per heavy atom. The zero-order chi connectivity index (χ0) is 13.1. The topological polar surface area (TPSA) is 83.0 Å². The second-order valence-corrected chi connectivity index (χ2v) is 3.73. The highest BCUT2D eigenvalue weighted by atomic mass is 16.5. The van der Waals surface area contributed by atoms with Crippen molar-refractivity contribution in [2.24, 2.45) is 0 Å². The highest BCUT2D eigenvalue weighted by Gasteiger charge is 2.18. The van der Waals surface area contributed by atoms with Gasteiger partial charge in [-0.1, -0.05) is 0 Å². The number of hydrogen-bond donors (Lipinski definition) is 1. The van der Waals surface area contributed by atoms with Gasteiger partial charge in [0.2, 0.25) is 0 Å². The molecule has 6 heteroatoms. The van der Waals surface area contributed by atoms with Crippen LogP contribution >= 0.6 is 0 Å². The molecular weight excluding hydrogens is 232 g/mol. The van der Waals surface area contributed by atoms with E-state index in [1.165, 1.54) is 6.33 Å². The molecule has 6 nitrogen and oxygen atoms in total. The second kappa shape index (κ2) is 4.87. The number of aryl methyl sites for hydroxylation is 1. The highest BCUT2D eigenvalue weighted by molar-refractivity contribution is 5.92. The van der Waals surface area contributed by atoms with Gasteiger partial charge >= 0.3 is 5.97 Å². The summed E-state index contributed by atoms with van der Waals surface area (Å²) in [5.74, 6) is -0.247. The van der Waals surface area contributed by atoms with E-state index < -0.39 is 5.97 Å². The van der Waals surface area contributed by atoms with Gasteiger partial charge in [-0.15, -0.1) is 0 Å². The monoisotopic (exact) mass is 246 g/mol. The van der Waals surface area contributed by atoms with Crippen LogP contribution < -0.4 is 5.73 Å². The molecule has 0 aliphatic heterocycles. The number of pyridine rings is 1. The van der Waals surface area contributed by atoms with E-state index in [2.05, 4.69) is 9.97 Å². The molecule has 2 rings (SSSR count). The average Bonchev–Trinajstić information content (AvgIpc) is 2.72. The van der Waals surface area contributed by atoms with Crippen LogP contribution in [0.4, 0.5) is 5.82 Å². The van der Waals surface area contributed by atoms with Crippen molar-refractivity contribution >= 4 is 11.8 Å². The fourth-order valence-corrected chi connectivity index (χ4v) is 1.64. The van der Waals surface area contributed by atoms with Crippen LogP contribution in [0.1, 0.15) is 23.0 Å². The number of carbonyl (C=O) groups excluding carboxylic acids is 1. The summed E-state index contributed by atoms with van der Waals surface area (Å²) < 4.78 is 6.52. The summed E-state index contributed by atoms with van der Waals surface area (Å²) in [5, 5.41) is 0. The Morgan fingerprint density at radius 1 is 1.56 bits per heavy atom. The van der Waals surface area contributed by atoms with Gasteiger partial charge in [0.1, 0.15) is 12.1 Å². The first-order chi connectivity index (χ1) is 8.65. The number of nitrogens with two attached hydrogens (primary N) is 1. The highest BCUT2D eigenvalue weighted by Crippen LogP contribution is 2.19. The van der Waals surface area contributed by atoms with Crippen molar-refractivity contribution in [3.8, 4) is 5.69 Å². The van der Waals surface area contributed by atoms with Gasteiger partial charge in [0.15, 0.2) is 5.69 Å². The summed E-state index contributed by atoms with van der Waals surface area (Å²) in [6, 6.07) is 1.81. The van der Waals surface area contributed by atoms with Crippen LogP contribution in [0.3, 0.4) is 0 Å². The molecule has 2 aromatic rings. The summed E-state index contributed by atoms with van der Waals surface area (Å²) in [5.41, 5.74) is 7.83. The first-order valence-corrected chi connectivity index (χ1v) is 5.56. The molecule has 2 aromatic heterocycles. The molecule has 0 radical (unpaired) electrons. The van der Waals surface area contributed by atoms with Crippen molar-refractivity contribution < 1.29 is 9.53 Å². The molecule has 0 spiro atoms. The van der Waals surface area contributed by atoms with Crippen LogP contribution in [0.5, 0.6) is 0 Å². The summed E-state index contributed by atoms with van der Waals surface area (Å²) in [7, 11) is 0. The van der Waals surface area contributed by atoms with Crippen LogP contribution in [0.25, 0.3) is 5.69 Å². The first kappa shape index (κ1) is 12.1. The van der Waals surface area contributed by atoms with Crippen LogP contribution in [0, 0.1) is 6.92 Å². The van der Waals surface area contributed by atoms with Crippen molar-refractivity contribution in [2.45, 2.75) is 13.8 Å². The van der Waals surface area contributed by atoms with Crippen LogP contribution in [-0.4, -0.2) is 27.1 Å². The lowest BCUT2D eigenvalue weighted by atomic mass is 10.2. The van der Waals surface area contributed by atoms with Crippen LogP contribution in [-0.2, 0) is 4.74 Å². The predicted octanol–water partition coefficient (Wildman–Crippen LogP) is 1.33. The number of nitrogens with zero attached hydrogens (tertiary/aromatic N) is 3. The van der Waals surface area contributed by atoms with E-state index in [-0.39, 0.29) is 11.5 Å². The number of imidazole rings is 1. The second-order valence-electron chi connectivity index (χ2n) is 3.73. The molecule has 0 fully saturated rings. The Kier molecular flexibility index (Phi) is 3.27. The van der Waals surface area contributed by atoms with E-state index in [9.17, 15) is 4.79 Å². The molecule has 18 heavy (non-hydrogen) atoms. The van der Waals surface area contributed by atoms with Gasteiger partial charge in [0.05, 0.1) is 12.3 Å². The number of anilines is 1. The maximum absolute atomic E-state index is 11.6. The molecule has 0 saturated heterocycles. The molecule has 94 valence electrons. The smallest absolute Gasteiger partial charge is 0.360 e. The van der Waals surface area contributed by atoms with Crippen molar-refractivity contribution in [1.29, 1.82) is 0 Å². The van der Waals surface area contributed by atoms with Crippen molar-refractivity contribution in [2.75, 3.05) is 12.3 Å². The molecule has 0 aromatic carbocycles. The largest absolute Gasteiger partial charge is 0.461 e. The van der Waals surface area contributed by atoms with E-state index in [1.807, 2.05) is 13.0 Å². The summed E-state index contributed by atoms with van der Waals surface area (Å²) >= 11 is 0. The van der Waals surface area contributed by atoms with Crippen molar-refractivity contribution in [1.82, 2.24) is 14.5 Å². The molecular formula is C12H14N4O2. The molecule has 0 bridgehead atoms. The molecule has 0 atom stereocenters. The lowest BCUT2D eigenvalue weighted by molar-refractivity contribution is 0.0521. The molecule has 0 aliphatic carbocycles. The number of rotatable bonds is 3. The van der Waals surface area contributed by atoms with E-state index in [0.717, 1.165) is 11.3 Å². The average molecular weight is 246 g/mol. The molecule has 0 saturated carbocycles. The maximum atomic E-state index is 11.6. The normalized spacial score (nSPS) is 10.3. The lowest BCUT2D eigenvalue weighted by Gasteiger charge is -2.07. The van der Waals surface area contributed by atoms with Crippen molar-refractivity contribution in [3.63, 3.8) is 0 Å². The number of carbonyl (C=O) groups is 1. The fraction of sp³-hybridized carbons (Fsp3) is 0.250. The summed E-state index contributed by atoms with van der Waals surface area (Å²) in [6.07, 6.45) is 4.88. The minimum atomic E-state index is -0.513. The summed E-state index contributed by atoms with van der Waals surface area (Å²) in [4.78, 5) is 19.6. The maximum Gasteiger partial charge on any atom is 0.360 e. The molecule has 0 aliphatic rings. The summed E-state index contributed by atoms with van der Waals surface area (Å²) in [6.45, 7) is 3.93. The quantitative estimate of drug-likeness (QED) is 0.826. The van der Waals surface area contributed by atoms with Crippen LogP contribution in [0.2, 0.25) is 0 Å². The SMILES string of the molecule is CCOC(=O)c1ncn(-c2ccncc2C)c1N. The predicted molar refractivity (Wildman–Crippen MR) is 66.5 cm³/mol. The minimum Gasteiger partial charge on any atom is -0.461 e. The number of esters is 1.